The van der Waals surface area contributed by atoms with E-state index in [9.17, 15) is 9.18 Å². The lowest BCUT2D eigenvalue weighted by Crippen LogP contribution is -2.28. The van der Waals surface area contributed by atoms with Crippen LogP contribution in [0.1, 0.15) is 11.1 Å². The Labute approximate surface area is 121 Å². The minimum atomic E-state index is -0.314. The summed E-state index contributed by atoms with van der Waals surface area (Å²) in [5.41, 5.74) is 1.27. The van der Waals surface area contributed by atoms with Gasteiger partial charge in [-0.15, -0.1) is 0 Å². The summed E-state index contributed by atoms with van der Waals surface area (Å²) in [5.74, 6) is -0.140. The van der Waals surface area contributed by atoms with Crippen LogP contribution in [0.15, 0.2) is 48.5 Å². The summed E-state index contributed by atoms with van der Waals surface area (Å²) in [6.07, 6.45) is 0. The average molecular weight is 284 g/mol. The highest BCUT2D eigenvalue weighted by molar-refractivity contribution is 5.77. The van der Waals surface area contributed by atoms with E-state index in [1.165, 1.54) is 12.1 Å². The number of benzene rings is 2. The Kier molecular flexibility index (Phi) is 4.89. The van der Waals surface area contributed by atoms with Crippen LogP contribution in [0.2, 0.25) is 0 Å². The van der Waals surface area contributed by atoms with E-state index in [0.717, 1.165) is 5.56 Å². The second-order valence-corrected chi connectivity index (χ2v) is 4.33. The molecule has 0 saturated heterocycles. The van der Waals surface area contributed by atoms with E-state index < -0.39 is 0 Å². The van der Waals surface area contributed by atoms with Crippen molar-refractivity contribution in [1.82, 2.24) is 5.32 Å². The Hall–Kier alpha value is -2.87. The normalized spacial score (nSPS) is 9.71. The number of amides is 1. The van der Waals surface area contributed by atoms with E-state index >= 15 is 0 Å². The summed E-state index contributed by atoms with van der Waals surface area (Å²) in [6.45, 7) is 0.163. The molecule has 0 atom stereocenters. The topological polar surface area (TPSA) is 62.1 Å². The molecule has 4 nitrogen and oxygen atoms in total. The zero-order valence-corrected chi connectivity index (χ0v) is 11.2. The monoisotopic (exact) mass is 284 g/mol. The number of rotatable bonds is 5. The van der Waals surface area contributed by atoms with Crippen molar-refractivity contribution in [2.45, 2.75) is 6.54 Å². The SMILES string of the molecule is N#Cc1cccc(OCC(=O)NCc2ccc(F)cc2)c1. The molecule has 0 aliphatic rings. The fourth-order valence-corrected chi connectivity index (χ4v) is 1.66. The van der Waals surface area contributed by atoms with Gasteiger partial charge in [-0.25, -0.2) is 4.39 Å². The Bertz CT molecular complexity index is 663. The number of nitrogens with one attached hydrogen (secondary N) is 1. The van der Waals surface area contributed by atoms with E-state index in [1.807, 2.05) is 6.07 Å². The molecule has 21 heavy (non-hydrogen) atoms. The minimum absolute atomic E-state index is 0.143. The van der Waals surface area contributed by atoms with Gasteiger partial charge in [0.15, 0.2) is 6.61 Å². The summed E-state index contributed by atoms with van der Waals surface area (Å²) in [6, 6.07) is 14.5. The van der Waals surface area contributed by atoms with Crippen molar-refractivity contribution >= 4 is 5.91 Å². The number of carbonyl (C=O) groups is 1. The van der Waals surface area contributed by atoms with E-state index in [1.54, 1.807) is 36.4 Å². The molecule has 1 amide bonds. The van der Waals surface area contributed by atoms with Crippen molar-refractivity contribution in [1.29, 1.82) is 5.26 Å². The Balaban J connectivity index is 1.79. The van der Waals surface area contributed by atoms with Gasteiger partial charge < -0.3 is 10.1 Å². The number of carbonyl (C=O) groups excluding carboxylic acids is 1. The van der Waals surface area contributed by atoms with Crippen molar-refractivity contribution in [3.05, 3.63) is 65.5 Å². The lowest BCUT2D eigenvalue weighted by atomic mass is 10.2. The van der Waals surface area contributed by atoms with Crippen molar-refractivity contribution < 1.29 is 13.9 Å². The van der Waals surface area contributed by atoms with E-state index in [-0.39, 0.29) is 18.3 Å². The largest absolute Gasteiger partial charge is 0.484 e. The lowest BCUT2D eigenvalue weighted by Gasteiger charge is -2.07. The first-order valence-electron chi connectivity index (χ1n) is 6.31. The van der Waals surface area contributed by atoms with Crippen LogP contribution in [0.3, 0.4) is 0 Å². The van der Waals surface area contributed by atoms with Crippen LogP contribution in [0.4, 0.5) is 4.39 Å². The number of hydrogen-bond donors (Lipinski definition) is 1. The van der Waals surface area contributed by atoms with Crippen LogP contribution in [0.5, 0.6) is 5.75 Å². The molecule has 0 fully saturated rings. The van der Waals surface area contributed by atoms with Crippen LogP contribution >= 0.6 is 0 Å². The highest BCUT2D eigenvalue weighted by atomic mass is 19.1. The maximum absolute atomic E-state index is 12.7. The maximum Gasteiger partial charge on any atom is 0.258 e. The van der Waals surface area contributed by atoms with E-state index in [4.69, 9.17) is 10.00 Å². The molecule has 2 aromatic rings. The zero-order valence-electron chi connectivity index (χ0n) is 11.2. The van der Waals surface area contributed by atoms with Crippen LogP contribution in [0, 0.1) is 17.1 Å². The Morgan fingerprint density at radius 1 is 1.24 bits per heavy atom. The summed E-state index contributed by atoms with van der Waals surface area (Å²) >= 11 is 0. The summed E-state index contributed by atoms with van der Waals surface area (Å²) in [4.78, 5) is 11.6. The number of nitrogens with zero attached hydrogens (tertiary/aromatic N) is 1. The molecule has 0 unspecified atom stereocenters. The summed E-state index contributed by atoms with van der Waals surface area (Å²) < 4.78 is 18.0. The quantitative estimate of drug-likeness (QED) is 0.917. The molecule has 0 aromatic heterocycles. The maximum atomic E-state index is 12.7. The van der Waals surface area contributed by atoms with Gasteiger partial charge in [-0.05, 0) is 35.9 Å². The molecule has 0 bridgehead atoms. The first kappa shape index (κ1) is 14.5. The predicted molar refractivity (Wildman–Crippen MR) is 74.9 cm³/mol. The van der Waals surface area contributed by atoms with Gasteiger partial charge in [-0.1, -0.05) is 18.2 Å². The van der Waals surface area contributed by atoms with Gasteiger partial charge in [-0.3, -0.25) is 4.79 Å². The van der Waals surface area contributed by atoms with Gasteiger partial charge in [0.25, 0.3) is 5.91 Å². The smallest absolute Gasteiger partial charge is 0.258 e. The summed E-state index contributed by atoms with van der Waals surface area (Å²) in [5, 5.41) is 11.4. The van der Waals surface area contributed by atoms with Crippen LogP contribution < -0.4 is 10.1 Å². The second kappa shape index (κ2) is 7.06. The van der Waals surface area contributed by atoms with Crippen LogP contribution in [0.25, 0.3) is 0 Å². The fraction of sp³-hybridized carbons (Fsp3) is 0.125. The molecule has 0 aliphatic heterocycles. The number of ether oxygens (including phenoxy) is 1. The van der Waals surface area contributed by atoms with Gasteiger partial charge in [-0.2, -0.15) is 5.26 Å². The molecule has 5 heteroatoms. The van der Waals surface area contributed by atoms with Crippen molar-refractivity contribution in [2.24, 2.45) is 0 Å². The standard InChI is InChI=1S/C16H13FN2O2/c17-14-6-4-12(5-7-14)10-19-16(20)11-21-15-3-1-2-13(8-15)9-18/h1-8H,10-11H2,(H,19,20). The zero-order chi connectivity index (χ0) is 15.1. The number of halogens is 1. The molecule has 1 N–H and O–H groups in total. The van der Waals surface area contributed by atoms with Crippen molar-refractivity contribution in [3.63, 3.8) is 0 Å². The molecular formula is C16H13FN2O2. The van der Waals surface area contributed by atoms with Gasteiger partial charge in [0, 0.05) is 6.54 Å². The number of nitriles is 1. The van der Waals surface area contributed by atoms with Crippen molar-refractivity contribution in [3.8, 4) is 11.8 Å². The molecule has 0 spiro atoms. The third-order valence-electron chi connectivity index (χ3n) is 2.74. The van der Waals surface area contributed by atoms with Crippen LogP contribution in [-0.4, -0.2) is 12.5 Å². The van der Waals surface area contributed by atoms with Crippen LogP contribution in [-0.2, 0) is 11.3 Å². The molecule has 2 aromatic carbocycles. The third-order valence-corrected chi connectivity index (χ3v) is 2.74. The number of hydrogen-bond acceptors (Lipinski definition) is 3. The predicted octanol–water partition coefficient (Wildman–Crippen LogP) is 2.39. The molecule has 106 valence electrons. The van der Waals surface area contributed by atoms with E-state index in [0.29, 0.717) is 17.9 Å². The fourth-order valence-electron chi connectivity index (χ4n) is 1.66. The molecular weight excluding hydrogens is 271 g/mol. The van der Waals surface area contributed by atoms with Gasteiger partial charge >= 0.3 is 0 Å². The summed E-state index contributed by atoms with van der Waals surface area (Å²) in [7, 11) is 0. The third kappa shape index (κ3) is 4.62. The van der Waals surface area contributed by atoms with Crippen molar-refractivity contribution in [2.75, 3.05) is 6.61 Å². The molecule has 0 saturated carbocycles. The Morgan fingerprint density at radius 3 is 2.71 bits per heavy atom. The lowest BCUT2D eigenvalue weighted by molar-refractivity contribution is -0.123. The molecule has 0 heterocycles. The Morgan fingerprint density at radius 2 is 2.00 bits per heavy atom. The molecule has 0 aliphatic carbocycles. The van der Waals surface area contributed by atoms with E-state index in [2.05, 4.69) is 5.32 Å². The van der Waals surface area contributed by atoms with Gasteiger partial charge in [0.2, 0.25) is 0 Å². The van der Waals surface area contributed by atoms with Gasteiger partial charge in [0.05, 0.1) is 11.6 Å². The first-order valence-corrected chi connectivity index (χ1v) is 6.31. The minimum Gasteiger partial charge on any atom is -0.484 e. The van der Waals surface area contributed by atoms with Gasteiger partial charge in [0.1, 0.15) is 11.6 Å². The molecule has 0 radical (unpaired) electrons. The second-order valence-electron chi connectivity index (χ2n) is 4.33. The highest BCUT2D eigenvalue weighted by Gasteiger charge is 2.03. The first-order chi connectivity index (χ1) is 10.2. The average Bonchev–Trinajstić information content (AvgIpc) is 2.52. The molecule has 2 rings (SSSR count). The highest BCUT2D eigenvalue weighted by Crippen LogP contribution is 2.12.